The third-order valence-electron chi connectivity index (χ3n) is 4.31. The summed E-state index contributed by atoms with van der Waals surface area (Å²) in [5, 5.41) is 10.6. The van der Waals surface area contributed by atoms with Gasteiger partial charge in [-0.15, -0.1) is 0 Å². The first-order valence-corrected chi connectivity index (χ1v) is 12.3. The molecule has 1 aliphatic heterocycles. The van der Waals surface area contributed by atoms with Crippen LogP contribution in [0.2, 0.25) is 0 Å². The van der Waals surface area contributed by atoms with E-state index in [1.807, 2.05) is 0 Å². The molecule has 0 saturated carbocycles. The average molecular weight is 471 g/mol. The predicted molar refractivity (Wildman–Crippen MR) is 104 cm³/mol. The molecule has 1 aliphatic rings. The fraction of sp³-hybridized carbons (Fsp3) is 0.647. The molecule has 0 bridgehead atoms. The van der Waals surface area contributed by atoms with Gasteiger partial charge in [0.2, 0.25) is 0 Å². The summed E-state index contributed by atoms with van der Waals surface area (Å²) in [7, 11) is -5.05. The topological polar surface area (TPSA) is 144 Å². The lowest BCUT2D eigenvalue weighted by atomic mass is 9.97. The van der Waals surface area contributed by atoms with Gasteiger partial charge in [0, 0.05) is 7.11 Å². The minimum atomic E-state index is -3.92. The fourth-order valence-electron chi connectivity index (χ4n) is 2.86. The summed E-state index contributed by atoms with van der Waals surface area (Å²) >= 11 is 0. The number of methoxy groups -OCH3 is 2. The lowest BCUT2D eigenvalue weighted by Crippen LogP contribution is -2.52. The predicted octanol–water partition coefficient (Wildman–Crippen LogP) is -0.365. The molecule has 1 saturated heterocycles. The molecule has 172 valence electrons. The number of hydrogen-bond donors (Lipinski definition) is 1. The van der Waals surface area contributed by atoms with Crippen LogP contribution in [0.15, 0.2) is 24.3 Å². The van der Waals surface area contributed by atoms with E-state index in [1.54, 1.807) is 24.3 Å². The number of benzene rings is 1. The third kappa shape index (κ3) is 6.85. The number of rotatable bonds is 11. The van der Waals surface area contributed by atoms with Crippen LogP contribution in [-0.2, 0) is 49.4 Å². The van der Waals surface area contributed by atoms with E-state index in [2.05, 4.69) is 0 Å². The smallest absolute Gasteiger partial charge is 0.264 e. The number of ether oxygens (including phenoxy) is 4. The van der Waals surface area contributed by atoms with Crippen molar-refractivity contribution in [3.8, 4) is 5.75 Å². The Morgan fingerprint density at radius 2 is 1.53 bits per heavy atom. The molecule has 13 heteroatoms. The van der Waals surface area contributed by atoms with Crippen LogP contribution in [-0.4, -0.2) is 86.0 Å². The molecule has 2 unspecified atom stereocenters. The molecule has 1 aromatic carbocycles. The van der Waals surface area contributed by atoms with Gasteiger partial charge in [0.25, 0.3) is 20.2 Å². The van der Waals surface area contributed by atoms with Gasteiger partial charge in [-0.3, -0.25) is 8.37 Å². The van der Waals surface area contributed by atoms with E-state index in [4.69, 9.17) is 27.3 Å². The number of aliphatic hydroxyl groups is 1. The summed E-state index contributed by atoms with van der Waals surface area (Å²) in [5.41, 5.74) is -1.07. The number of aliphatic hydroxyl groups excluding tert-OH is 1. The van der Waals surface area contributed by atoms with Crippen molar-refractivity contribution in [3.05, 3.63) is 29.8 Å². The van der Waals surface area contributed by atoms with Gasteiger partial charge < -0.3 is 24.1 Å². The Bertz CT molecular complexity index is 860. The highest BCUT2D eigenvalue weighted by Gasteiger charge is 2.57. The zero-order valence-electron chi connectivity index (χ0n) is 17.0. The maximum atomic E-state index is 11.5. The average Bonchev–Trinajstić information content (AvgIpc) is 2.94. The molecule has 2 rings (SSSR count). The highest BCUT2D eigenvalue weighted by atomic mass is 32.2. The molecule has 0 radical (unpaired) electrons. The van der Waals surface area contributed by atoms with E-state index < -0.39 is 57.5 Å². The molecular formula is C17H26O11S2. The van der Waals surface area contributed by atoms with Gasteiger partial charge in [-0.25, -0.2) is 0 Å². The first kappa shape index (κ1) is 24.9. The van der Waals surface area contributed by atoms with E-state index >= 15 is 0 Å². The molecule has 11 nitrogen and oxygen atoms in total. The summed E-state index contributed by atoms with van der Waals surface area (Å²) < 4.78 is 77.4. The van der Waals surface area contributed by atoms with Crippen molar-refractivity contribution in [2.24, 2.45) is 0 Å². The maximum Gasteiger partial charge on any atom is 0.264 e. The van der Waals surface area contributed by atoms with E-state index in [0.717, 1.165) is 12.5 Å². The van der Waals surface area contributed by atoms with Crippen LogP contribution in [0.1, 0.15) is 5.56 Å². The van der Waals surface area contributed by atoms with Crippen molar-refractivity contribution in [1.29, 1.82) is 0 Å². The first-order chi connectivity index (χ1) is 13.9. The van der Waals surface area contributed by atoms with Crippen LogP contribution >= 0.6 is 0 Å². The van der Waals surface area contributed by atoms with Gasteiger partial charge in [0.1, 0.15) is 36.8 Å². The molecule has 1 fully saturated rings. The summed E-state index contributed by atoms with van der Waals surface area (Å²) in [6.07, 6.45) is -2.18. The molecule has 1 N–H and O–H groups in total. The quantitative estimate of drug-likeness (QED) is 0.423. The van der Waals surface area contributed by atoms with Gasteiger partial charge in [-0.1, -0.05) is 12.1 Å². The molecule has 0 aliphatic carbocycles. The molecule has 30 heavy (non-hydrogen) atoms. The second kappa shape index (κ2) is 9.87. The van der Waals surface area contributed by atoms with Gasteiger partial charge in [-0.05, 0) is 17.7 Å². The van der Waals surface area contributed by atoms with Crippen LogP contribution in [0.25, 0.3) is 0 Å². The van der Waals surface area contributed by atoms with Gasteiger partial charge in [0.15, 0.2) is 6.29 Å². The summed E-state index contributed by atoms with van der Waals surface area (Å²) in [5.74, 6) is 0.639. The van der Waals surface area contributed by atoms with Crippen LogP contribution in [0.5, 0.6) is 5.75 Å². The Morgan fingerprint density at radius 3 is 1.97 bits per heavy atom. The lowest BCUT2D eigenvalue weighted by Gasteiger charge is -2.33. The Labute approximate surface area is 176 Å². The molecule has 0 spiro atoms. The van der Waals surface area contributed by atoms with E-state index in [-0.39, 0.29) is 6.61 Å². The Hall–Kier alpha value is -1.32. The van der Waals surface area contributed by atoms with Crippen molar-refractivity contribution in [2.75, 3.05) is 39.9 Å². The van der Waals surface area contributed by atoms with Crippen LogP contribution in [0.4, 0.5) is 0 Å². The molecular weight excluding hydrogens is 444 g/mol. The monoisotopic (exact) mass is 470 g/mol. The van der Waals surface area contributed by atoms with Crippen LogP contribution in [0.3, 0.4) is 0 Å². The zero-order valence-corrected chi connectivity index (χ0v) is 18.6. The molecule has 1 aromatic rings. The fourth-order valence-corrected chi connectivity index (χ4v) is 3.68. The lowest BCUT2D eigenvalue weighted by molar-refractivity contribution is -0.196. The molecule has 3 atom stereocenters. The summed E-state index contributed by atoms with van der Waals surface area (Å²) in [4.78, 5) is 0. The van der Waals surface area contributed by atoms with Crippen molar-refractivity contribution < 1.29 is 49.3 Å². The van der Waals surface area contributed by atoms with Crippen molar-refractivity contribution in [2.45, 2.75) is 30.7 Å². The van der Waals surface area contributed by atoms with E-state index in [9.17, 15) is 21.9 Å². The Balaban J connectivity index is 2.29. The first-order valence-electron chi connectivity index (χ1n) is 8.71. The molecule has 0 aromatic heterocycles. The minimum absolute atomic E-state index is 0.00891. The third-order valence-corrected chi connectivity index (χ3v) is 5.41. The maximum absolute atomic E-state index is 11.5. The summed E-state index contributed by atoms with van der Waals surface area (Å²) in [6, 6.07) is 6.89. The van der Waals surface area contributed by atoms with Gasteiger partial charge >= 0.3 is 0 Å². The van der Waals surface area contributed by atoms with E-state index in [0.29, 0.717) is 11.3 Å². The largest absolute Gasteiger partial charge is 0.497 e. The highest BCUT2D eigenvalue weighted by molar-refractivity contribution is 7.86. The standard InChI is InChI=1S/C17H26O11S2/c1-23-13-7-5-12(6-8-13)9-25-15-14(18)16(24-2)28-17(15,10-26-29(3,19)20)11-27-30(4,21)22/h5-8,14-16,18H,9-11H2,1-4H3/t14-,15?,16?/m0/s1. The minimum Gasteiger partial charge on any atom is -0.497 e. The molecule has 1 heterocycles. The molecule has 0 amide bonds. The Morgan fingerprint density at radius 1 is 1.00 bits per heavy atom. The normalized spacial score (nSPS) is 24.1. The SMILES string of the molecule is COc1ccc(COC2[C@H](O)C(OC)OC2(COS(C)(=O)=O)COS(C)(=O)=O)cc1. The summed E-state index contributed by atoms with van der Waals surface area (Å²) in [6.45, 7) is -1.33. The van der Waals surface area contributed by atoms with Crippen molar-refractivity contribution in [3.63, 3.8) is 0 Å². The van der Waals surface area contributed by atoms with E-state index in [1.165, 1.54) is 14.2 Å². The van der Waals surface area contributed by atoms with Crippen LogP contribution < -0.4 is 4.74 Å². The zero-order chi connectivity index (χ0) is 22.6. The second-order valence-corrected chi connectivity index (χ2v) is 10.1. The second-order valence-electron chi connectivity index (χ2n) is 6.79. The van der Waals surface area contributed by atoms with Gasteiger partial charge in [0.05, 0.1) is 26.2 Å². The van der Waals surface area contributed by atoms with Gasteiger partial charge in [-0.2, -0.15) is 16.8 Å². The van der Waals surface area contributed by atoms with Crippen molar-refractivity contribution in [1.82, 2.24) is 0 Å². The highest BCUT2D eigenvalue weighted by Crippen LogP contribution is 2.36. The number of hydrogen-bond acceptors (Lipinski definition) is 11. The van der Waals surface area contributed by atoms with Crippen LogP contribution in [0, 0.1) is 0 Å². The van der Waals surface area contributed by atoms with Crippen molar-refractivity contribution >= 4 is 20.2 Å². The Kier molecular flexibility index (Phi) is 8.21.